The van der Waals surface area contributed by atoms with E-state index in [1.165, 1.54) is 12.1 Å². The monoisotopic (exact) mass is 343 g/mol. The molecule has 0 aromatic heterocycles. The lowest BCUT2D eigenvalue weighted by atomic mass is 9.90. The van der Waals surface area contributed by atoms with Crippen molar-refractivity contribution in [1.82, 2.24) is 0 Å². The summed E-state index contributed by atoms with van der Waals surface area (Å²) in [7, 11) is 0. The van der Waals surface area contributed by atoms with Crippen LogP contribution < -0.4 is 5.73 Å². The summed E-state index contributed by atoms with van der Waals surface area (Å²) in [5, 5.41) is 9.81. The maximum absolute atomic E-state index is 12.8. The summed E-state index contributed by atoms with van der Waals surface area (Å²) in [5.74, 6) is 0.0376. The lowest BCUT2D eigenvalue weighted by molar-refractivity contribution is -0.137. The highest BCUT2D eigenvalue weighted by Crippen LogP contribution is 2.40. The Morgan fingerprint density at radius 1 is 1.24 bits per heavy atom. The van der Waals surface area contributed by atoms with E-state index < -0.39 is 28.9 Å². The Bertz CT molecular complexity index is 476. The average molecular weight is 344 g/mol. The second-order valence-electron chi connectivity index (χ2n) is 5.27. The van der Waals surface area contributed by atoms with Crippen molar-refractivity contribution >= 4 is 24.0 Å². The average Bonchev–Trinajstić information content (AvgIpc) is 2.89. The Balaban J connectivity index is 0.00000220. The molecule has 0 saturated heterocycles. The van der Waals surface area contributed by atoms with Gasteiger partial charge in [-0.1, -0.05) is 36.6 Å². The normalized spacial score (nSPS) is 19.1. The Morgan fingerprint density at radius 2 is 1.81 bits per heavy atom. The zero-order chi connectivity index (χ0) is 14.9. The highest BCUT2D eigenvalue weighted by atomic mass is 35.5. The molecule has 120 valence electrons. The van der Waals surface area contributed by atoms with E-state index in [4.69, 9.17) is 17.3 Å². The molecule has 0 bridgehead atoms. The summed E-state index contributed by atoms with van der Waals surface area (Å²) in [6.07, 6.45) is -1.64. The zero-order valence-corrected chi connectivity index (χ0v) is 12.8. The van der Waals surface area contributed by atoms with Crippen molar-refractivity contribution in [2.75, 3.05) is 0 Å². The SMILES string of the molecule is Cl.N[C@@H](c1cccc(C(F)(F)F)c1Cl)[C@H](O)C1CCCC1. The minimum absolute atomic E-state index is 0. The van der Waals surface area contributed by atoms with Crippen LogP contribution in [0.1, 0.15) is 42.9 Å². The van der Waals surface area contributed by atoms with Crippen LogP contribution in [0.25, 0.3) is 0 Å². The first-order valence-electron chi connectivity index (χ1n) is 6.61. The summed E-state index contributed by atoms with van der Waals surface area (Å²) in [6.45, 7) is 0. The molecule has 1 aromatic carbocycles. The molecule has 1 aromatic rings. The molecule has 0 spiro atoms. The van der Waals surface area contributed by atoms with E-state index in [1.807, 2.05) is 0 Å². The first-order chi connectivity index (χ1) is 9.32. The number of hydrogen-bond donors (Lipinski definition) is 2. The molecule has 1 saturated carbocycles. The summed E-state index contributed by atoms with van der Waals surface area (Å²) >= 11 is 5.83. The molecule has 21 heavy (non-hydrogen) atoms. The van der Waals surface area contributed by atoms with Crippen LogP contribution in [-0.4, -0.2) is 11.2 Å². The number of hydrogen-bond acceptors (Lipinski definition) is 2. The van der Waals surface area contributed by atoms with E-state index >= 15 is 0 Å². The molecule has 2 atom stereocenters. The van der Waals surface area contributed by atoms with Crippen LogP contribution in [0.5, 0.6) is 0 Å². The zero-order valence-electron chi connectivity index (χ0n) is 11.2. The second-order valence-corrected chi connectivity index (χ2v) is 5.65. The van der Waals surface area contributed by atoms with Crippen LogP contribution in [0.4, 0.5) is 13.2 Å². The molecule has 1 fully saturated rings. The smallest absolute Gasteiger partial charge is 0.391 e. The Kier molecular flexibility index (Phi) is 6.35. The molecule has 0 heterocycles. The van der Waals surface area contributed by atoms with Gasteiger partial charge in [0.25, 0.3) is 0 Å². The molecule has 1 aliphatic carbocycles. The molecular weight excluding hydrogens is 326 g/mol. The van der Waals surface area contributed by atoms with Crippen LogP contribution >= 0.6 is 24.0 Å². The fourth-order valence-corrected chi connectivity index (χ4v) is 3.16. The third-order valence-electron chi connectivity index (χ3n) is 3.94. The van der Waals surface area contributed by atoms with Crippen LogP contribution in [0.15, 0.2) is 18.2 Å². The molecule has 2 nitrogen and oxygen atoms in total. The fourth-order valence-electron chi connectivity index (χ4n) is 2.80. The van der Waals surface area contributed by atoms with Crippen molar-refractivity contribution in [1.29, 1.82) is 0 Å². The van der Waals surface area contributed by atoms with E-state index in [0.717, 1.165) is 31.7 Å². The highest BCUT2D eigenvalue weighted by molar-refractivity contribution is 6.32. The first kappa shape index (κ1) is 18.6. The third kappa shape index (κ3) is 4.03. The number of aliphatic hydroxyl groups excluding tert-OH is 1. The Morgan fingerprint density at radius 3 is 2.33 bits per heavy atom. The van der Waals surface area contributed by atoms with Crippen molar-refractivity contribution in [3.63, 3.8) is 0 Å². The molecule has 0 aliphatic heterocycles. The summed E-state index contributed by atoms with van der Waals surface area (Å²) in [4.78, 5) is 0. The van der Waals surface area contributed by atoms with Crippen molar-refractivity contribution in [3.8, 4) is 0 Å². The van der Waals surface area contributed by atoms with Gasteiger partial charge >= 0.3 is 6.18 Å². The largest absolute Gasteiger partial charge is 0.417 e. The van der Waals surface area contributed by atoms with Gasteiger partial charge in [-0.05, 0) is 30.4 Å². The molecule has 2 rings (SSSR count). The highest BCUT2D eigenvalue weighted by Gasteiger charge is 2.36. The van der Waals surface area contributed by atoms with Gasteiger partial charge in [0.1, 0.15) is 0 Å². The van der Waals surface area contributed by atoms with Gasteiger partial charge in [0.05, 0.1) is 22.7 Å². The predicted octanol–water partition coefficient (Wildman–Crippen LogP) is 4.33. The molecule has 1 aliphatic rings. The third-order valence-corrected chi connectivity index (χ3v) is 4.37. The van der Waals surface area contributed by atoms with E-state index in [1.54, 1.807) is 0 Å². The van der Waals surface area contributed by atoms with Crippen molar-refractivity contribution in [2.45, 2.75) is 44.0 Å². The van der Waals surface area contributed by atoms with Gasteiger partial charge < -0.3 is 10.8 Å². The quantitative estimate of drug-likeness (QED) is 0.857. The number of alkyl halides is 3. The second kappa shape index (κ2) is 7.18. The molecule has 0 unspecified atom stereocenters. The molecule has 3 N–H and O–H groups in total. The number of benzene rings is 1. The maximum Gasteiger partial charge on any atom is 0.417 e. The fraction of sp³-hybridized carbons (Fsp3) is 0.571. The van der Waals surface area contributed by atoms with E-state index in [0.29, 0.717) is 0 Å². The standard InChI is InChI=1S/C14H17ClF3NO.ClH/c15-11-9(6-3-7-10(11)14(16,17)18)12(19)13(20)8-4-1-2-5-8;/h3,6-8,12-13,20H,1-2,4-5,19H2;1H/t12-,13+;/m0./s1. The predicted molar refractivity (Wildman–Crippen MR) is 78.6 cm³/mol. The van der Waals surface area contributed by atoms with Crippen molar-refractivity contribution < 1.29 is 18.3 Å². The van der Waals surface area contributed by atoms with Crippen LogP contribution in [0, 0.1) is 5.92 Å². The van der Waals surface area contributed by atoms with E-state index in [9.17, 15) is 18.3 Å². The van der Waals surface area contributed by atoms with Gasteiger partial charge in [-0.3, -0.25) is 0 Å². The first-order valence-corrected chi connectivity index (χ1v) is 6.99. The lowest BCUT2D eigenvalue weighted by Crippen LogP contribution is -2.32. The van der Waals surface area contributed by atoms with Gasteiger partial charge in [0, 0.05) is 0 Å². The Hall–Kier alpha value is -0.490. The van der Waals surface area contributed by atoms with Crippen LogP contribution in [0.2, 0.25) is 5.02 Å². The summed E-state index contributed by atoms with van der Waals surface area (Å²) in [5.41, 5.74) is 5.17. The van der Waals surface area contributed by atoms with E-state index in [2.05, 4.69) is 0 Å². The number of rotatable bonds is 3. The molecule has 0 radical (unpaired) electrons. The maximum atomic E-state index is 12.8. The van der Waals surface area contributed by atoms with Gasteiger partial charge in [-0.2, -0.15) is 13.2 Å². The van der Waals surface area contributed by atoms with Gasteiger partial charge in [-0.25, -0.2) is 0 Å². The van der Waals surface area contributed by atoms with Crippen LogP contribution in [0.3, 0.4) is 0 Å². The summed E-state index contributed by atoms with van der Waals surface area (Å²) < 4.78 is 38.4. The number of aliphatic hydroxyl groups is 1. The van der Waals surface area contributed by atoms with Crippen LogP contribution in [-0.2, 0) is 6.18 Å². The van der Waals surface area contributed by atoms with Gasteiger partial charge in [0.15, 0.2) is 0 Å². The number of nitrogens with two attached hydrogens (primary N) is 1. The minimum atomic E-state index is -4.52. The number of halogens is 5. The lowest BCUT2D eigenvalue weighted by Gasteiger charge is -2.26. The summed E-state index contributed by atoms with van der Waals surface area (Å²) in [6, 6.07) is 2.74. The van der Waals surface area contributed by atoms with Crippen molar-refractivity contribution in [2.24, 2.45) is 11.7 Å². The molecular formula is C14H18Cl2F3NO. The molecule has 0 amide bonds. The van der Waals surface area contributed by atoms with E-state index in [-0.39, 0.29) is 23.9 Å². The molecule has 7 heteroatoms. The topological polar surface area (TPSA) is 46.2 Å². The van der Waals surface area contributed by atoms with Gasteiger partial charge in [0.2, 0.25) is 0 Å². The van der Waals surface area contributed by atoms with Crippen molar-refractivity contribution in [3.05, 3.63) is 34.3 Å². The van der Waals surface area contributed by atoms with Gasteiger partial charge in [-0.15, -0.1) is 12.4 Å². The minimum Gasteiger partial charge on any atom is -0.391 e. The Labute approximate surface area is 132 Å².